The molecule has 4 N–H and O–H groups in total. The Balaban J connectivity index is 2.50. The molecule has 0 saturated heterocycles. The number of nitrogens with zero attached hydrogens (tertiary/aromatic N) is 1. The van der Waals surface area contributed by atoms with Crippen LogP contribution in [0.15, 0.2) is 18.3 Å². The molecule has 0 fully saturated rings. The minimum absolute atomic E-state index is 0.115. The van der Waals surface area contributed by atoms with Gasteiger partial charge in [0.2, 0.25) is 5.91 Å². The summed E-state index contributed by atoms with van der Waals surface area (Å²) in [6.45, 7) is 2.57. The number of nitrogens with one attached hydrogen (secondary N) is 1. The van der Waals surface area contributed by atoms with Crippen molar-refractivity contribution >= 4 is 11.9 Å². The van der Waals surface area contributed by atoms with E-state index in [1.165, 1.54) is 18.3 Å². The highest BCUT2D eigenvalue weighted by atomic mass is 16.4. The number of carbonyl (C=O) groups excluding carboxylic acids is 1. The van der Waals surface area contributed by atoms with Gasteiger partial charge in [-0.2, -0.15) is 0 Å². The van der Waals surface area contributed by atoms with Crippen molar-refractivity contribution < 1.29 is 14.7 Å². The van der Waals surface area contributed by atoms with E-state index < -0.39 is 5.97 Å². The van der Waals surface area contributed by atoms with Gasteiger partial charge in [0.1, 0.15) is 0 Å². The van der Waals surface area contributed by atoms with Gasteiger partial charge in [-0.3, -0.25) is 9.78 Å². The molecule has 98 valence electrons. The normalized spacial score (nSPS) is 11.9. The van der Waals surface area contributed by atoms with Gasteiger partial charge in [-0.05, 0) is 24.6 Å². The number of pyridine rings is 1. The highest BCUT2D eigenvalue weighted by Gasteiger charge is 2.08. The van der Waals surface area contributed by atoms with E-state index in [2.05, 4.69) is 10.3 Å². The molecule has 1 atom stereocenters. The molecule has 0 spiro atoms. The van der Waals surface area contributed by atoms with Gasteiger partial charge < -0.3 is 16.2 Å². The summed E-state index contributed by atoms with van der Waals surface area (Å²) >= 11 is 0. The van der Waals surface area contributed by atoms with Crippen molar-refractivity contribution in [3.8, 4) is 0 Å². The van der Waals surface area contributed by atoms with E-state index in [0.717, 1.165) is 0 Å². The number of aromatic carboxylic acids is 1. The second kappa shape index (κ2) is 6.70. The first-order chi connectivity index (χ1) is 8.52. The average Bonchev–Trinajstić information content (AvgIpc) is 2.36. The zero-order chi connectivity index (χ0) is 13.5. The number of carboxylic acid groups (broad SMARTS) is 1. The Morgan fingerprint density at radius 2 is 2.28 bits per heavy atom. The smallest absolute Gasteiger partial charge is 0.335 e. The van der Waals surface area contributed by atoms with E-state index in [1.54, 1.807) is 0 Å². The maximum Gasteiger partial charge on any atom is 0.335 e. The Bertz CT molecular complexity index is 434. The van der Waals surface area contributed by atoms with E-state index in [9.17, 15) is 9.59 Å². The molecule has 0 bridgehead atoms. The van der Waals surface area contributed by atoms with Crippen LogP contribution in [0.3, 0.4) is 0 Å². The molecule has 6 nitrogen and oxygen atoms in total. The summed E-state index contributed by atoms with van der Waals surface area (Å²) in [5.41, 5.74) is 6.10. The summed E-state index contributed by atoms with van der Waals surface area (Å²) in [4.78, 5) is 26.2. The quantitative estimate of drug-likeness (QED) is 0.678. The summed E-state index contributed by atoms with van der Waals surface area (Å²) in [6, 6.07) is 2.85. The van der Waals surface area contributed by atoms with Crippen molar-refractivity contribution in [3.05, 3.63) is 29.6 Å². The van der Waals surface area contributed by atoms with Crippen molar-refractivity contribution in [1.29, 1.82) is 0 Å². The first-order valence-electron chi connectivity index (χ1n) is 5.68. The molecule has 0 aromatic carbocycles. The topological polar surface area (TPSA) is 105 Å². The van der Waals surface area contributed by atoms with Crippen molar-refractivity contribution in [2.24, 2.45) is 11.7 Å². The van der Waals surface area contributed by atoms with Crippen LogP contribution in [-0.2, 0) is 11.3 Å². The van der Waals surface area contributed by atoms with E-state index in [-0.39, 0.29) is 23.9 Å². The molecule has 18 heavy (non-hydrogen) atoms. The lowest BCUT2D eigenvalue weighted by atomic mass is 10.1. The third kappa shape index (κ3) is 4.50. The fourth-order valence-electron chi connectivity index (χ4n) is 1.37. The van der Waals surface area contributed by atoms with Crippen LogP contribution in [0, 0.1) is 5.92 Å². The van der Waals surface area contributed by atoms with Gasteiger partial charge >= 0.3 is 5.97 Å². The lowest BCUT2D eigenvalue weighted by molar-refractivity contribution is -0.122. The molecule has 0 saturated carbocycles. The van der Waals surface area contributed by atoms with Crippen LogP contribution in [0.5, 0.6) is 0 Å². The van der Waals surface area contributed by atoms with Crippen molar-refractivity contribution in [2.45, 2.75) is 19.9 Å². The average molecular weight is 251 g/mol. The molecular weight excluding hydrogens is 234 g/mol. The molecule has 0 aliphatic carbocycles. The first kappa shape index (κ1) is 14.1. The standard InChI is InChI=1S/C12H17N3O3/c1-8(6-13)4-11(16)15-7-10-5-9(12(17)18)2-3-14-10/h2-3,5,8H,4,6-7,13H2,1H3,(H,15,16)(H,17,18). The fraction of sp³-hybridized carbons (Fsp3) is 0.417. The van der Waals surface area contributed by atoms with E-state index in [1.807, 2.05) is 6.92 Å². The number of hydrogen-bond donors (Lipinski definition) is 3. The lowest BCUT2D eigenvalue weighted by Gasteiger charge is -2.09. The minimum Gasteiger partial charge on any atom is -0.478 e. The Morgan fingerprint density at radius 1 is 1.56 bits per heavy atom. The number of rotatable bonds is 6. The van der Waals surface area contributed by atoms with Crippen LogP contribution >= 0.6 is 0 Å². The first-order valence-corrected chi connectivity index (χ1v) is 5.68. The van der Waals surface area contributed by atoms with Crippen LogP contribution in [-0.4, -0.2) is 28.5 Å². The summed E-state index contributed by atoms with van der Waals surface area (Å²) in [7, 11) is 0. The summed E-state index contributed by atoms with van der Waals surface area (Å²) in [5, 5.41) is 11.5. The van der Waals surface area contributed by atoms with Gasteiger partial charge in [-0.25, -0.2) is 4.79 Å². The fourth-order valence-corrected chi connectivity index (χ4v) is 1.37. The number of hydrogen-bond acceptors (Lipinski definition) is 4. The molecule has 6 heteroatoms. The van der Waals surface area contributed by atoms with Crippen LogP contribution in [0.2, 0.25) is 0 Å². The summed E-state index contributed by atoms with van der Waals surface area (Å²) < 4.78 is 0. The second-order valence-electron chi connectivity index (χ2n) is 4.16. The highest BCUT2D eigenvalue weighted by molar-refractivity contribution is 5.87. The van der Waals surface area contributed by atoms with Crippen molar-refractivity contribution in [2.75, 3.05) is 6.54 Å². The van der Waals surface area contributed by atoms with E-state index in [0.29, 0.717) is 18.7 Å². The Kier molecular flexibility index (Phi) is 5.26. The van der Waals surface area contributed by atoms with Crippen LogP contribution in [0.4, 0.5) is 0 Å². The Hall–Kier alpha value is -1.95. The minimum atomic E-state index is -1.01. The molecule has 1 aromatic rings. The predicted molar refractivity (Wildman–Crippen MR) is 65.9 cm³/mol. The summed E-state index contributed by atoms with van der Waals surface area (Å²) in [6.07, 6.45) is 1.77. The van der Waals surface area contributed by atoms with Gasteiger partial charge in [0.05, 0.1) is 17.8 Å². The molecule has 1 unspecified atom stereocenters. The number of amides is 1. The molecule has 1 rings (SSSR count). The maximum atomic E-state index is 11.5. The van der Waals surface area contributed by atoms with Gasteiger partial charge in [0.25, 0.3) is 0 Å². The zero-order valence-corrected chi connectivity index (χ0v) is 10.2. The van der Waals surface area contributed by atoms with Gasteiger partial charge in [0, 0.05) is 12.6 Å². The van der Waals surface area contributed by atoms with Gasteiger partial charge in [0.15, 0.2) is 0 Å². The predicted octanol–water partition coefficient (Wildman–Crippen LogP) is 0.381. The molecule has 1 aromatic heterocycles. The SMILES string of the molecule is CC(CN)CC(=O)NCc1cc(C(=O)O)ccn1. The summed E-state index contributed by atoms with van der Waals surface area (Å²) in [5.74, 6) is -1.000. The molecular formula is C12H17N3O3. The number of carbonyl (C=O) groups is 2. The molecule has 0 aliphatic rings. The third-order valence-corrected chi connectivity index (χ3v) is 2.47. The van der Waals surface area contributed by atoms with Crippen molar-refractivity contribution in [1.82, 2.24) is 10.3 Å². The van der Waals surface area contributed by atoms with Gasteiger partial charge in [-0.1, -0.05) is 6.92 Å². The van der Waals surface area contributed by atoms with Crippen LogP contribution in [0.25, 0.3) is 0 Å². The third-order valence-electron chi connectivity index (χ3n) is 2.47. The van der Waals surface area contributed by atoms with E-state index >= 15 is 0 Å². The number of nitrogens with two attached hydrogens (primary N) is 1. The van der Waals surface area contributed by atoms with Gasteiger partial charge in [-0.15, -0.1) is 0 Å². The molecule has 0 radical (unpaired) electrons. The Morgan fingerprint density at radius 3 is 2.89 bits per heavy atom. The largest absolute Gasteiger partial charge is 0.478 e. The molecule has 1 heterocycles. The highest BCUT2D eigenvalue weighted by Crippen LogP contribution is 2.03. The lowest BCUT2D eigenvalue weighted by Crippen LogP contribution is -2.27. The van der Waals surface area contributed by atoms with Crippen LogP contribution < -0.4 is 11.1 Å². The van der Waals surface area contributed by atoms with Crippen LogP contribution in [0.1, 0.15) is 29.4 Å². The van der Waals surface area contributed by atoms with Crippen molar-refractivity contribution in [3.63, 3.8) is 0 Å². The second-order valence-corrected chi connectivity index (χ2v) is 4.16. The molecule has 0 aliphatic heterocycles. The number of carboxylic acids is 1. The number of aromatic nitrogens is 1. The van der Waals surface area contributed by atoms with E-state index in [4.69, 9.17) is 10.8 Å². The zero-order valence-electron chi connectivity index (χ0n) is 10.2. The Labute approximate surface area is 105 Å². The molecule has 1 amide bonds. The monoisotopic (exact) mass is 251 g/mol. The maximum absolute atomic E-state index is 11.5.